The lowest BCUT2D eigenvalue weighted by Gasteiger charge is -2.19. The van der Waals surface area contributed by atoms with Gasteiger partial charge < -0.3 is 19.4 Å². The molecule has 11 heteroatoms. The molecule has 30 heavy (non-hydrogen) atoms. The van der Waals surface area contributed by atoms with E-state index in [1.807, 2.05) is 11.6 Å². The van der Waals surface area contributed by atoms with Crippen LogP contribution in [0.5, 0.6) is 11.5 Å². The molecule has 4 rings (SSSR count). The van der Waals surface area contributed by atoms with Crippen LogP contribution in [0.2, 0.25) is 0 Å². The van der Waals surface area contributed by atoms with Crippen LogP contribution in [0, 0.1) is 5.92 Å². The van der Waals surface area contributed by atoms with E-state index in [9.17, 15) is 13.2 Å². The van der Waals surface area contributed by atoms with Crippen molar-refractivity contribution in [3.05, 3.63) is 24.0 Å². The first kappa shape index (κ1) is 21.0. The average Bonchev–Trinajstić information content (AvgIpc) is 3.23. The first-order valence-electron chi connectivity index (χ1n) is 9.76. The minimum atomic E-state index is -2.92. The number of fused-ring (bicyclic) bond motifs is 1. The molecule has 2 aliphatic heterocycles. The Morgan fingerprint density at radius 1 is 1.30 bits per heavy atom. The number of hydrogen-bond acceptors (Lipinski definition) is 8. The number of sulfone groups is 1. The molecule has 0 bridgehead atoms. The van der Waals surface area contributed by atoms with E-state index >= 15 is 0 Å². The van der Waals surface area contributed by atoms with Crippen molar-refractivity contribution in [3.8, 4) is 11.5 Å². The van der Waals surface area contributed by atoms with Gasteiger partial charge in [0.2, 0.25) is 5.91 Å². The van der Waals surface area contributed by atoms with Gasteiger partial charge in [-0.25, -0.2) is 8.42 Å². The molecule has 2 aliphatic rings. The number of thioether (sulfide) groups is 1. The molecule has 1 saturated heterocycles. The molecule has 1 N–H and O–H groups in total. The van der Waals surface area contributed by atoms with Gasteiger partial charge in [0.05, 0.1) is 16.8 Å². The van der Waals surface area contributed by atoms with Crippen LogP contribution < -0.4 is 14.8 Å². The molecule has 0 spiro atoms. The van der Waals surface area contributed by atoms with Gasteiger partial charge in [-0.2, -0.15) is 0 Å². The fourth-order valence-corrected chi connectivity index (χ4v) is 6.19. The summed E-state index contributed by atoms with van der Waals surface area (Å²) < 4.78 is 36.2. The quantitative estimate of drug-likeness (QED) is 0.659. The van der Waals surface area contributed by atoms with E-state index in [4.69, 9.17) is 9.47 Å². The predicted octanol–water partition coefficient (Wildman–Crippen LogP) is 1.68. The zero-order chi connectivity index (χ0) is 21.3. The van der Waals surface area contributed by atoms with Crippen LogP contribution >= 0.6 is 11.8 Å². The summed E-state index contributed by atoms with van der Waals surface area (Å²) in [7, 11) is -1.08. The van der Waals surface area contributed by atoms with Crippen molar-refractivity contribution in [1.82, 2.24) is 14.8 Å². The van der Waals surface area contributed by atoms with E-state index < -0.39 is 15.1 Å². The molecule has 1 fully saturated rings. The smallest absolute Gasteiger partial charge is 0.237 e. The molecular weight excluding hydrogens is 428 g/mol. The lowest BCUT2D eigenvalue weighted by Crippen LogP contribution is -2.23. The second kappa shape index (κ2) is 8.46. The summed E-state index contributed by atoms with van der Waals surface area (Å²) in [5.74, 6) is 2.38. The van der Waals surface area contributed by atoms with Gasteiger partial charge in [-0.1, -0.05) is 11.8 Å². The third-order valence-electron chi connectivity index (χ3n) is 5.18. The van der Waals surface area contributed by atoms with Gasteiger partial charge in [0.25, 0.3) is 0 Å². The fourth-order valence-electron chi connectivity index (χ4n) is 3.49. The molecular formula is C19H24N4O5S2. The molecule has 2 aromatic rings. The van der Waals surface area contributed by atoms with Crippen LogP contribution in [0.4, 0.5) is 5.69 Å². The standard InChI is InChI=1S/C19H24N4O5S2/c1-12(18(24)20-14-3-4-15-16(10-14)28-7-6-27-15)29-19-22-21-17(23(19)2)9-13-5-8-30(25,26)11-13/h3-4,10,12-13H,5-9,11H2,1-2H3,(H,20,24)/t12-,13+/m0/s1. The molecule has 0 aliphatic carbocycles. The summed E-state index contributed by atoms with van der Waals surface area (Å²) in [6.45, 7) is 2.80. The summed E-state index contributed by atoms with van der Waals surface area (Å²) in [6, 6.07) is 5.30. The highest BCUT2D eigenvalue weighted by atomic mass is 32.2. The number of rotatable bonds is 6. The first-order chi connectivity index (χ1) is 14.3. The number of nitrogens with zero attached hydrogens (tertiary/aromatic N) is 3. The fraction of sp³-hybridized carbons (Fsp3) is 0.526. The molecule has 0 saturated carbocycles. The van der Waals surface area contributed by atoms with E-state index in [0.717, 1.165) is 5.82 Å². The van der Waals surface area contributed by atoms with E-state index in [0.29, 0.717) is 48.4 Å². The van der Waals surface area contributed by atoms with E-state index in [2.05, 4.69) is 15.5 Å². The lowest BCUT2D eigenvalue weighted by atomic mass is 10.1. The van der Waals surface area contributed by atoms with Crippen molar-refractivity contribution in [2.75, 3.05) is 30.0 Å². The van der Waals surface area contributed by atoms with Gasteiger partial charge in [0.1, 0.15) is 19.0 Å². The minimum Gasteiger partial charge on any atom is -0.486 e. The minimum absolute atomic E-state index is 0.0756. The SMILES string of the molecule is C[C@H](Sc1nnc(C[C@H]2CCS(=O)(=O)C2)n1C)C(=O)Nc1ccc2c(c1)OCCO2. The van der Waals surface area contributed by atoms with Gasteiger partial charge in [-0.15, -0.1) is 10.2 Å². The van der Waals surface area contributed by atoms with Crippen LogP contribution in [0.25, 0.3) is 0 Å². The van der Waals surface area contributed by atoms with Crippen LogP contribution in [0.15, 0.2) is 23.4 Å². The maximum absolute atomic E-state index is 12.6. The molecule has 9 nitrogen and oxygen atoms in total. The van der Waals surface area contributed by atoms with Crippen LogP contribution in [-0.2, 0) is 28.1 Å². The van der Waals surface area contributed by atoms with Crippen LogP contribution in [-0.4, -0.2) is 59.1 Å². The Morgan fingerprint density at radius 3 is 2.80 bits per heavy atom. The third kappa shape index (κ3) is 4.72. The number of aromatic nitrogens is 3. The van der Waals surface area contributed by atoms with Crippen molar-refractivity contribution in [3.63, 3.8) is 0 Å². The maximum atomic E-state index is 12.6. The monoisotopic (exact) mass is 452 g/mol. The molecule has 1 amide bonds. The molecule has 1 aromatic carbocycles. The summed E-state index contributed by atoms with van der Waals surface area (Å²) in [5, 5.41) is 11.5. The highest BCUT2D eigenvalue weighted by molar-refractivity contribution is 8.00. The Kier molecular flexibility index (Phi) is 5.92. The summed E-state index contributed by atoms with van der Waals surface area (Å²) >= 11 is 1.31. The lowest BCUT2D eigenvalue weighted by molar-refractivity contribution is -0.115. The van der Waals surface area contributed by atoms with Gasteiger partial charge >= 0.3 is 0 Å². The average molecular weight is 453 g/mol. The third-order valence-corrected chi connectivity index (χ3v) is 8.16. The van der Waals surface area contributed by atoms with Crippen LogP contribution in [0.3, 0.4) is 0 Å². The van der Waals surface area contributed by atoms with Crippen molar-refractivity contribution < 1.29 is 22.7 Å². The van der Waals surface area contributed by atoms with Crippen molar-refractivity contribution in [2.24, 2.45) is 13.0 Å². The Hall–Kier alpha value is -2.27. The number of carbonyl (C=O) groups is 1. The van der Waals surface area contributed by atoms with E-state index in [1.165, 1.54) is 11.8 Å². The second-order valence-corrected chi connectivity index (χ2v) is 11.1. The number of benzene rings is 1. The Balaban J connectivity index is 1.36. The van der Waals surface area contributed by atoms with Crippen molar-refractivity contribution in [2.45, 2.75) is 30.2 Å². The molecule has 162 valence electrons. The van der Waals surface area contributed by atoms with Gasteiger partial charge in [-0.3, -0.25) is 4.79 Å². The summed E-state index contributed by atoms with van der Waals surface area (Å²) in [5.41, 5.74) is 0.637. The van der Waals surface area contributed by atoms with Crippen molar-refractivity contribution in [1.29, 1.82) is 0 Å². The molecule has 1 aromatic heterocycles. The Bertz CT molecular complexity index is 1050. The van der Waals surface area contributed by atoms with Gasteiger partial charge in [0.15, 0.2) is 26.5 Å². The van der Waals surface area contributed by atoms with E-state index in [-0.39, 0.29) is 23.3 Å². The number of nitrogens with one attached hydrogen (secondary N) is 1. The topological polar surface area (TPSA) is 112 Å². The predicted molar refractivity (Wildman–Crippen MR) is 113 cm³/mol. The molecule has 2 atom stereocenters. The number of ether oxygens (including phenoxy) is 2. The number of amides is 1. The maximum Gasteiger partial charge on any atom is 0.237 e. The summed E-state index contributed by atoms with van der Waals surface area (Å²) in [4.78, 5) is 12.6. The Morgan fingerprint density at radius 2 is 2.07 bits per heavy atom. The molecule has 0 radical (unpaired) electrons. The number of anilines is 1. The Labute approximate surface area is 179 Å². The van der Waals surface area contributed by atoms with Crippen LogP contribution in [0.1, 0.15) is 19.2 Å². The van der Waals surface area contributed by atoms with Gasteiger partial charge in [0, 0.05) is 25.2 Å². The zero-order valence-electron chi connectivity index (χ0n) is 16.8. The summed E-state index contributed by atoms with van der Waals surface area (Å²) in [6.07, 6.45) is 1.23. The number of carbonyl (C=O) groups excluding carboxylic acids is 1. The zero-order valence-corrected chi connectivity index (χ0v) is 18.5. The van der Waals surface area contributed by atoms with Crippen molar-refractivity contribution >= 4 is 33.2 Å². The largest absolute Gasteiger partial charge is 0.486 e. The normalized spacial score (nSPS) is 20.7. The second-order valence-electron chi connectivity index (χ2n) is 7.54. The first-order valence-corrected chi connectivity index (χ1v) is 12.5. The molecule has 0 unspecified atom stereocenters. The van der Waals surface area contributed by atoms with Gasteiger partial charge in [-0.05, 0) is 31.4 Å². The highest BCUT2D eigenvalue weighted by Crippen LogP contribution is 2.33. The van der Waals surface area contributed by atoms with E-state index in [1.54, 1.807) is 25.1 Å². The number of hydrogen-bond donors (Lipinski definition) is 1. The highest BCUT2D eigenvalue weighted by Gasteiger charge is 2.29. The molecule has 3 heterocycles.